The first-order valence-electron chi connectivity index (χ1n) is 15.0. The zero-order valence-electron chi connectivity index (χ0n) is 24.0. The summed E-state index contributed by atoms with van der Waals surface area (Å²) in [5, 5.41) is 11.0. The van der Waals surface area contributed by atoms with Gasteiger partial charge in [-0.05, 0) is 86.3 Å². The number of amides is 2. The van der Waals surface area contributed by atoms with Gasteiger partial charge in [0, 0.05) is 63.7 Å². The molecule has 41 heavy (non-hydrogen) atoms. The Kier molecular flexibility index (Phi) is 6.52. The fourth-order valence-electron chi connectivity index (χ4n) is 8.85. The topological polar surface area (TPSA) is 87.6 Å². The number of hydrogen-bond acceptors (Lipinski definition) is 6. The Morgan fingerprint density at radius 3 is 2.07 bits per heavy atom. The fraction of sp³-hybridized carbons (Fsp3) is 0.581. The SMILES string of the molecule is CN(C(=O)N1CCN(c2ccc(N3CCN(S(C)(=O)=O)CC3)cc2)c2ccccc21)C1C2CC3CC1CC(O)(C3)C2. The van der Waals surface area contributed by atoms with E-state index >= 15 is 0 Å². The molecule has 2 amide bonds. The highest BCUT2D eigenvalue weighted by Crippen LogP contribution is 2.57. The number of aliphatic hydroxyl groups is 1. The molecule has 0 spiro atoms. The summed E-state index contributed by atoms with van der Waals surface area (Å²) in [6.07, 6.45) is 6.14. The molecule has 2 aliphatic heterocycles. The van der Waals surface area contributed by atoms with Crippen molar-refractivity contribution in [3.8, 4) is 0 Å². The average Bonchev–Trinajstić information content (AvgIpc) is 2.95. The Bertz CT molecular complexity index is 1410. The van der Waals surface area contributed by atoms with Gasteiger partial charge in [-0.1, -0.05) is 12.1 Å². The number of urea groups is 1. The monoisotopic (exact) mass is 579 g/mol. The molecule has 2 heterocycles. The highest BCUT2D eigenvalue weighted by atomic mass is 32.2. The zero-order chi connectivity index (χ0) is 28.5. The zero-order valence-corrected chi connectivity index (χ0v) is 24.8. The predicted octanol–water partition coefficient (Wildman–Crippen LogP) is 3.72. The molecule has 4 bridgehead atoms. The van der Waals surface area contributed by atoms with E-state index < -0.39 is 15.6 Å². The van der Waals surface area contributed by atoms with E-state index in [9.17, 15) is 18.3 Å². The number of rotatable bonds is 4. The molecule has 8 rings (SSSR count). The third kappa shape index (κ3) is 4.77. The molecule has 4 saturated carbocycles. The van der Waals surface area contributed by atoms with Gasteiger partial charge >= 0.3 is 6.03 Å². The van der Waals surface area contributed by atoms with E-state index in [4.69, 9.17) is 0 Å². The number of sulfonamides is 1. The van der Waals surface area contributed by atoms with Crippen molar-refractivity contribution >= 4 is 38.8 Å². The summed E-state index contributed by atoms with van der Waals surface area (Å²) >= 11 is 0. The predicted molar refractivity (Wildman–Crippen MR) is 161 cm³/mol. The molecule has 1 N–H and O–H groups in total. The van der Waals surface area contributed by atoms with Gasteiger partial charge < -0.3 is 19.8 Å². The highest BCUT2D eigenvalue weighted by Gasteiger charge is 2.56. The summed E-state index contributed by atoms with van der Waals surface area (Å²) in [4.78, 5) is 22.5. The molecule has 1 saturated heterocycles. The highest BCUT2D eigenvalue weighted by molar-refractivity contribution is 7.88. The van der Waals surface area contributed by atoms with Gasteiger partial charge in [-0.2, -0.15) is 4.31 Å². The second-order valence-corrected chi connectivity index (χ2v) is 15.0. The minimum absolute atomic E-state index is 0.0603. The van der Waals surface area contributed by atoms with Crippen molar-refractivity contribution in [3.63, 3.8) is 0 Å². The van der Waals surface area contributed by atoms with Crippen LogP contribution in [0.25, 0.3) is 0 Å². The minimum Gasteiger partial charge on any atom is -0.390 e. The van der Waals surface area contributed by atoms with Crippen LogP contribution in [0.3, 0.4) is 0 Å². The van der Waals surface area contributed by atoms with Crippen molar-refractivity contribution in [1.29, 1.82) is 0 Å². The summed E-state index contributed by atoms with van der Waals surface area (Å²) in [5.74, 6) is 1.40. The molecule has 6 aliphatic rings. The van der Waals surface area contributed by atoms with Crippen molar-refractivity contribution in [1.82, 2.24) is 9.21 Å². The van der Waals surface area contributed by atoms with Gasteiger partial charge in [0.05, 0.1) is 23.2 Å². The molecule has 0 radical (unpaired) electrons. The van der Waals surface area contributed by atoms with E-state index in [1.54, 1.807) is 4.31 Å². The quantitative estimate of drug-likeness (QED) is 0.594. The van der Waals surface area contributed by atoms with E-state index in [1.165, 1.54) is 6.26 Å². The largest absolute Gasteiger partial charge is 0.390 e. The van der Waals surface area contributed by atoms with Gasteiger partial charge in [0.25, 0.3) is 0 Å². The first kappa shape index (κ1) is 27.0. The summed E-state index contributed by atoms with van der Waals surface area (Å²) in [6, 6.07) is 16.9. The Morgan fingerprint density at radius 2 is 1.46 bits per heavy atom. The lowest BCUT2D eigenvalue weighted by Crippen LogP contribution is -2.63. The molecule has 220 valence electrons. The van der Waals surface area contributed by atoms with Gasteiger partial charge in [0.1, 0.15) is 0 Å². The number of carbonyl (C=O) groups is 1. The van der Waals surface area contributed by atoms with Crippen molar-refractivity contribution in [2.24, 2.45) is 17.8 Å². The van der Waals surface area contributed by atoms with Crippen LogP contribution in [0.5, 0.6) is 0 Å². The average molecular weight is 580 g/mol. The van der Waals surface area contributed by atoms with E-state index in [-0.39, 0.29) is 12.1 Å². The van der Waals surface area contributed by atoms with Crippen molar-refractivity contribution in [2.75, 3.05) is 67.3 Å². The standard InChI is InChI=1S/C31H41N5O4S/c1-32(29-23-17-22-18-24(29)21-31(38,19-22)20-23)30(37)36-16-15-35(27-5-3-4-6-28(27)36)26-9-7-25(8-10-26)33-11-13-34(14-12-33)41(2,39)40/h3-10,22-24,29,38H,11-21H2,1-2H3. The molecule has 4 aliphatic carbocycles. The van der Waals surface area contributed by atoms with Crippen LogP contribution in [0.4, 0.5) is 27.5 Å². The third-order valence-electron chi connectivity index (χ3n) is 10.4. The fourth-order valence-corrected chi connectivity index (χ4v) is 9.68. The maximum Gasteiger partial charge on any atom is 0.324 e. The minimum atomic E-state index is -3.15. The number of anilines is 4. The Labute approximate surface area is 243 Å². The van der Waals surface area contributed by atoms with E-state index in [2.05, 4.69) is 40.1 Å². The van der Waals surface area contributed by atoms with Gasteiger partial charge in [0.2, 0.25) is 10.0 Å². The number of fused-ring (bicyclic) bond motifs is 1. The molecule has 10 heteroatoms. The van der Waals surface area contributed by atoms with Crippen LogP contribution in [-0.2, 0) is 10.0 Å². The first-order chi connectivity index (χ1) is 19.6. The number of carbonyl (C=O) groups excluding carboxylic acids is 1. The molecule has 2 aromatic rings. The second-order valence-electron chi connectivity index (χ2n) is 13.0. The van der Waals surface area contributed by atoms with Crippen molar-refractivity contribution in [2.45, 2.75) is 43.7 Å². The number of nitrogens with zero attached hydrogens (tertiary/aromatic N) is 5. The lowest BCUT2D eigenvalue weighted by Gasteiger charge is -2.60. The van der Waals surface area contributed by atoms with Crippen LogP contribution in [0.15, 0.2) is 48.5 Å². The summed E-state index contributed by atoms with van der Waals surface area (Å²) < 4.78 is 25.3. The van der Waals surface area contributed by atoms with Crippen molar-refractivity contribution < 1.29 is 18.3 Å². The molecule has 2 aromatic carbocycles. The maximum absolute atomic E-state index is 14.0. The summed E-state index contributed by atoms with van der Waals surface area (Å²) in [5.41, 5.74) is 3.61. The molecule has 2 atom stereocenters. The van der Waals surface area contributed by atoms with Crippen LogP contribution < -0.4 is 14.7 Å². The van der Waals surface area contributed by atoms with E-state index in [0.29, 0.717) is 57.0 Å². The van der Waals surface area contributed by atoms with Crippen LogP contribution in [0, 0.1) is 17.8 Å². The van der Waals surface area contributed by atoms with Crippen LogP contribution in [0.2, 0.25) is 0 Å². The van der Waals surface area contributed by atoms with Crippen molar-refractivity contribution in [3.05, 3.63) is 48.5 Å². The van der Waals surface area contributed by atoms with Crippen LogP contribution in [0.1, 0.15) is 32.1 Å². The van der Waals surface area contributed by atoms with E-state index in [0.717, 1.165) is 54.9 Å². The van der Waals surface area contributed by atoms with Crippen LogP contribution in [-0.4, -0.2) is 93.0 Å². The van der Waals surface area contributed by atoms with Crippen LogP contribution >= 0.6 is 0 Å². The van der Waals surface area contributed by atoms with Gasteiger partial charge in [-0.3, -0.25) is 4.90 Å². The number of piperazine rings is 1. The van der Waals surface area contributed by atoms with Gasteiger partial charge in [0.15, 0.2) is 0 Å². The molecule has 0 aromatic heterocycles. The number of para-hydroxylation sites is 2. The normalized spacial score (nSPS) is 31.3. The lowest BCUT2D eigenvalue weighted by molar-refractivity contribution is -0.151. The molecule has 5 fully saturated rings. The molecule has 9 nitrogen and oxygen atoms in total. The smallest absolute Gasteiger partial charge is 0.324 e. The third-order valence-corrected chi connectivity index (χ3v) is 11.7. The Hall–Kier alpha value is -2.82. The molecular formula is C31H41N5O4S. The number of hydrogen-bond donors (Lipinski definition) is 1. The Balaban J connectivity index is 1.07. The lowest BCUT2D eigenvalue weighted by atomic mass is 9.52. The molecule has 2 unspecified atom stereocenters. The van der Waals surface area contributed by atoms with Gasteiger partial charge in [-0.25, -0.2) is 13.2 Å². The molecular weight excluding hydrogens is 538 g/mol. The first-order valence-corrected chi connectivity index (χ1v) is 16.9. The maximum atomic E-state index is 14.0. The second kappa shape index (κ2) is 9.88. The van der Waals surface area contributed by atoms with Gasteiger partial charge in [-0.15, -0.1) is 0 Å². The summed E-state index contributed by atoms with van der Waals surface area (Å²) in [6.45, 7) is 3.65. The number of benzene rings is 2. The van der Waals surface area contributed by atoms with E-state index in [1.807, 2.05) is 35.0 Å². The summed E-state index contributed by atoms with van der Waals surface area (Å²) in [7, 11) is -1.18. The Morgan fingerprint density at radius 1 is 0.854 bits per heavy atom.